The van der Waals surface area contributed by atoms with Gasteiger partial charge in [0.2, 0.25) is 0 Å². The maximum absolute atomic E-state index is 6.23. The van der Waals surface area contributed by atoms with Gasteiger partial charge in [-0.3, -0.25) is 9.80 Å². The van der Waals surface area contributed by atoms with Gasteiger partial charge in [-0.2, -0.15) is 0 Å². The van der Waals surface area contributed by atoms with Gasteiger partial charge in [0.1, 0.15) is 5.76 Å². The fourth-order valence-corrected chi connectivity index (χ4v) is 3.82. The molecule has 0 spiro atoms. The van der Waals surface area contributed by atoms with E-state index in [-0.39, 0.29) is 12.1 Å². The first-order valence-corrected chi connectivity index (χ1v) is 7.42. The van der Waals surface area contributed by atoms with Crippen LogP contribution in [0.2, 0.25) is 0 Å². The van der Waals surface area contributed by atoms with Crippen molar-refractivity contribution in [3.63, 3.8) is 0 Å². The molecule has 19 heavy (non-hydrogen) atoms. The minimum absolute atomic E-state index is 0.0908. The molecule has 2 fully saturated rings. The van der Waals surface area contributed by atoms with Crippen molar-refractivity contribution in [2.75, 3.05) is 20.1 Å². The van der Waals surface area contributed by atoms with Crippen LogP contribution in [0, 0.1) is 0 Å². The Morgan fingerprint density at radius 2 is 2.11 bits per heavy atom. The first kappa shape index (κ1) is 13.2. The number of fused-ring (bicyclic) bond motifs is 2. The summed E-state index contributed by atoms with van der Waals surface area (Å²) in [5.74, 6) is 1.01. The molecule has 1 aromatic rings. The Morgan fingerprint density at radius 3 is 2.79 bits per heavy atom. The standard InChI is InChI=1S/C15H25N3O/c1-11(16)15(14-4-3-9-19-14)18-8-7-12-5-6-13(10-18)17(12)2/h3-4,9,11-13,15H,5-8,10,16H2,1-2H3. The van der Waals surface area contributed by atoms with E-state index >= 15 is 0 Å². The topological polar surface area (TPSA) is 45.6 Å². The Kier molecular flexibility index (Phi) is 3.65. The number of nitrogens with two attached hydrogens (primary N) is 1. The predicted octanol–water partition coefficient (Wildman–Crippen LogP) is 1.84. The second-order valence-electron chi connectivity index (χ2n) is 6.15. The van der Waals surface area contributed by atoms with E-state index in [1.165, 1.54) is 19.3 Å². The maximum atomic E-state index is 6.23. The third-order valence-electron chi connectivity index (χ3n) is 4.91. The van der Waals surface area contributed by atoms with Crippen molar-refractivity contribution in [1.82, 2.24) is 9.80 Å². The summed E-state index contributed by atoms with van der Waals surface area (Å²) >= 11 is 0. The molecule has 4 atom stereocenters. The molecule has 0 radical (unpaired) electrons. The van der Waals surface area contributed by atoms with Gasteiger partial charge < -0.3 is 10.2 Å². The van der Waals surface area contributed by atoms with Crippen LogP contribution in [0.3, 0.4) is 0 Å². The van der Waals surface area contributed by atoms with Gasteiger partial charge >= 0.3 is 0 Å². The Morgan fingerprint density at radius 1 is 1.32 bits per heavy atom. The van der Waals surface area contributed by atoms with Crippen LogP contribution in [0.25, 0.3) is 0 Å². The molecule has 2 aliphatic rings. The Hall–Kier alpha value is -0.840. The highest BCUT2D eigenvalue weighted by Gasteiger charge is 2.38. The number of furan rings is 1. The van der Waals surface area contributed by atoms with Crippen LogP contribution in [0.4, 0.5) is 0 Å². The summed E-state index contributed by atoms with van der Waals surface area (Å²) in [6.07, 6.45) is 5.68. The van der Waals surface area contributed by atoms with E-state index in [0.717, 1.165) is 24.9 Å². The number of hydrogen-bond donors (Lipinski definition) is 1. The second kappa shape index (κ2) is 5.27. The molecule has 106 valence electrons. The normalized spacial score (nSPS) is 32.2. The third-order valence-corrected chi connectivity index (χ3v) is 4.91. The van der Waals surface area contributed by atoms with Gasteiger partial charge in [-0.05, 0) is 45.4 Å². The number of likely N-dealkylation sites (tertiary alicyclic amines) is 1. The van der Waals surface area contributed by atoms with Crippen molar-refractivity contribution in [3.8, 4) is 0 Å². The average molecular weight is 263 g/mol. The highest BCUT2D eigenvalue weighted by molar-refractivity contribution is 5.08. The molecular formula is C15H25N3O. The molecule has 0 amide bonds. The molecule has 0 saturated carbocycles. The molecule has 3 rings (SSSR count). The second-order valence-corrected chi connectivity index (χ2v) is 6.15. The van der Waals surface area contributed by atoms with E-state index in [0.29, 0.717) is 6.04 Å². The summed E-state index contributed by atoms with van der Waals surface area (Å²) in [5, 5.41) is 0. The highest BCUT2D eigenvalue weighted by Crippen LogP contribution is 2.33. The van der Waals surface area contributed by atoms with Gasteiger partial charge in [-0.1, -0.05) is 0 Å². The molecule has 3 heterocycles. The molecule has 2 aliphatic heterocycles. The zero-order chi connectivity index (χ0) is 13.4. The van der Waals surface area contributed by atoms with Crippen molar-refractivity contribution in [3.05, 3.63) is 24.2 Å². The first-order chi connectivity index (χ1) is 9.16. The maximum Gasteiger partial charge on any atom is 0.122 e. The van der Waals surface area contributed by atoms with E-state index in [1.807, 2.05) is 6.07 Å². The van der Waals surface area contributed by atoms with E-state index in [4.69, 9.17) is 10.2 Å². The molecule has 4 heteroatoms. The fourth-order valence-electron chi connectivity index (χ4n) is 3.82. The summed E-state index contributed by atoms with van der Waals surface area (Å²) < 4.78 is 5.62. The van der Waals surface area contributed by atoms with Crippen LogP contribution in [0.1, 0.15) is 38.0 Å². The number of nitrogens with zero attached hydrogens (tertiary/aromatic N) is 2. The molecule has 4 unspecified atom stereocenters. The number of rotatable bonds is 3. The van der Waals surface area contributed by atoms with Gasteiger partial charge in [0.15, 0.2) is 0 Å². The van der Waals surface area contributed by atoms with Crippen molar-refractivity contribution >= 4 is 0 Å². The largest absolute Gasteiger partial charge is 0.468 e. The van der Waals surface area contributed by atoms with Crippen molar-refractivity contribution in [1.29, 1.82) is 0 Å². The van der Waals surface area contributed by atoms with Gasteiger partial charge in [-0.15, -0.1) is 0 Å². The van der Waals surface area contributed by atoms with Crippen LogP contribution < -0.4 is 5.73 Å². The Balaban J connectivity index is 1.80. The fraction of sp³-hybridized carbons (Fsp3) is 0.733. The Bertz CT molecular complexity index is 404. The predicted molar refractivity (Wildman–Crippen MR) is 75.9 cm³/mol. The van der Waals surface area contributed by atoms with E-state index in [1.54, 1.807) is 6.26 Å². The zero-order valence-electron chi connectivity index (χ0n) is 12.0. The monoisotopic (exact) mass is 263 g/mol. The quantitative estimate of drug-likeness (QED) is 0.904. The van der Waals surface area contributed by atoms with Crippen molar-refractivity contribution in [2.45, 2.75) is 50.4 Å². The smallest absolute Gasteiger partial charge is 0.122 e. The minimum atomic E-state index is 0.0908. The molecule has 4 nitrogen and oxygen atoms in total. The molecule has 2 saturated heterocycles. The van der Waals surface area contributed by atoms with Gasteiger partial charge in [0.25, 0.3) is 0 Å². The van der Waals surface area contributed by atoms with Crippen LogP contribution in [0.5, 0.6) is 0 Å². The summed E-state index contributed by atoms with van der Waals surface area (Å²) in [6.45, 7) is 4.32. The van der Waals surface area contributed by atoms with Crippen LogP contribution in [-0.2, 0) is 0 Å². The molecule has 0 aliphatic carbocycles. The van der Waals surface area contributed by atoms with E-state index in [2.05, 4.69) is 29.8 Å². The van der Waals surface area contributed by atoms with Crippen LogP contribution in [-0.4, -0.2) is 48.1 Å². The van der Waals surface area contributed by atoms with Crippen molar-refractivity contribution in [2.24, 2.45) is 5.73 Å². The number of hydrogen-bond acceptors (Lipinski definition) is 4. The molecule has 0 aromatic carbocycles. The summed E-state index contributed by atoms with van der Waals surface area (Å²) in [4.78, 5) is 5.10. The third kappa shape index (κ3) is 2.45. The molecule has 2 bridgehead atoms. The van der Waals surface area contributed by atoms with Crippen LogP contribution in [0.15, 0.2) is 22.8 Å². The molecular weight excluding hydrogens is 238 g/mol. The SMILES string of the molecule is CC(N)C(c1ccco1)N1CCC2CCC(C1)N2C. The first-order valence-electron chi connectivity index (χ1n) is 7.42. The van der Waals surface area contributed by atoms with Crippen molar-refractivity contribution < 1.29 is 4.42 Å². The van der Waals surface area contributed by atoms with Gasteiger partial charge in [-0.25, -0.2) is 0 Å². The summed E-state index contributed by atoms with van der Waals surface area (Å²) in [6, 6.07) is 5.77. The molecule has 2 N–H and O–H groups in total. The highest BCUT2D eigenvalue weighted by atomic mass is 16.3. The van der Waals surface area contributed by atoms with E-state index < -0.39 is 0 Å². The van der Waals surface area contributed by atoms with Gasteiger partial charge in [0.05, 0.1) is 12.3 Å². The summed E-state index contributed by atoms with van der Waals surface area (Å²) in [7, 11) is 2.28. The lowest BCUT2D eigenvalue weighted by Crippen LogP contribution is -2.43. The lowest BCUT2D eigenvalue weighted by atomic mass is 10.0. The lowest BCUT2D eigenvalue weighted by molar-refractivity contribution is 0.138. The molecule has 1 aromatic heterocycles. The minimum Gasteiger partial charge on any atom is -0.468 e. The van der Waals surface area contributed by atoms with Crippen LogP contribution >= 0.6 is 0 Å². The zero-order valence-corrected chi connectivity index (χ0v) is 12.0. The summed E-state index contributed by atoms with van der Waals surface area (Å²) in [5.41, 5.74) is 6.23. The van der Waals surface area contributed by atoms with Gasteiger partial charge in [0, 0.05) is 31.2 Å². The average Bonchev–Trinajstić information content (AvgIpc) is 2.92. The Labute approximate surface area is 115 Å². The number of likely N-dealkylation sites (N-methyl/N-ethyl adjacent to an activating group) is 1. The van der Waals surface area contributed by atoms with E-state index in [9.17, 15) is 0 Å². The lowest BCUT2D eigenvalue weighted by Gasteiger charge is -2.34.